The van der Waals surface area contributed by atoms with Gasteiger partial charge in [0.15, 0.2) is 0 Å². The monoisotopic (exact) mass is 364 g/mol. The number of rotatable bonds is 4. The van der Waals surface area contributed by atoms with Crippen LogP contribution >= 0.6 is 22.9 Å². The Labute approximate surface area is 148 Å². The topological polar surface area (TPSA) is 75.2 Å². The Morgan fingerprint density at radius 1 is 1.46 bits per heavy atom. The van der Waals surface area contributed by atoms with Crippen molar-refractivity contribution in [2.24, 2.45) is 5.92 Å². The number of aromatic nitrogens is 2. The average Bonchev–Trinajstić information content (AvgIpc) is 3.16. The van der Waals surface area contributed by atoms with E-state index >= 15 is 0 Å². The fourth-order valence-electron chi connectivity index (χ4n) is 2.54. The molecule has 1 aliphatic heterocycles. The molecule has 3 rings (SSSR count). The van der Waals surface area contributed by atoms with Gasteiger partial charge in [0.1, 0.15) is 5.01 Å². The number of benzene rings is 1. The highest BCUT2D eigenvalue weighted by Gasteiger charge is 2.35. The fraction of sp³-hybridized carbons (Fsp3) is 0.375. The molecule has 1 fully saturated rings. The highest BCUT2D eigenvalue weighted by molar-refractivity contribution is 7.15. The molecule has 1 aromatic carbocycles. The van der Waals surface area contributed by atoms with Crippen LogP contribution in [0.5, 0.6) is 0 Å². The molecule has 1 atom stereocenters. The lowest BCUT2D eigenvalue weighted by Crippen LogP contribution is -2.28. The average molecular weight is 365 g/mol. The second-order valence-electron chi connectivity index (χ2n) is 5.68. The van der Waals surface area contributed by atoms with Crippen LogP contribution in [0.25, 0.3) is 0 Å². The van der Waals surface area contributed by atoms with Crippen molar-refractivity contribution in [3.8, 4) is 0 Å². The molecule has 1 aliphatic rings. The Morgan fingerprint density at radius 2 is 2.25 bits per heavy atom. The first kappa shape index (κ1) is 16.9. The third kappa shape index (κ3) is 3.42. The molecule has 1 aromatic heterocycles. The van der Waals surface area contributed by atoms with E-state index in [9.17, 15) is 9.59 Å². The number of hydrogen-bond acceptors (Lipinski definition) is 5. The molecule has 1 N–H and O–H groups in total. The molecule has 1 unspecified atom stereocenters. The van der Waals surface area contributed by atoms with E-state index in [1.807, 2.05) is 26.0 Å². The molecule has 24 heavy (non-hydrogen) atoms. The molecule has 2 amide bonds. The van der Waals surface area contributed by atoms with Crippen LogP contribution in [0.15, 0.2) is 18.2 Å². The summed E-state index contributed by atoms with van der Waals surface area (Å²) >= 11 is 7.48. The van der Waals surface area contributed by atoms with Crippen LogP contribution in [0.3, 0.4) is 0 Å². The standard InChI is InChI=1S/C16H17ClN4O2S/c1-3-13-19-20-16(24-13)18-15(23)10-6-14(22)21(8-10)11-5-4-9(2)12(17)7-11/h4-5,7,10H,3,6,8H2,1-2H3,(H,18,20,23). The third-order valence-electron chi connectivity index (χ3n) is 3.96. The Bertz CT molecular complexity index is 792. The third-order valence-corrected chi connectivity index (χ3v) is 5.35. The van der Waals surface area contributed by atoms with Crippen molar-refractivity contribution >= 4 is 45.6 Å². The summed E-state index contributed by atoms with van der Waals surface area (Å²) in [7, 11) is 0. The molecule has 0 aliphatic carbocycles. The second-order valence-corrected chi connectivity index (χ2v) is 7.15. The molecule has 0 spiro atoms. The quantitative estimate of drug-likeness (QED) is 0.904. The van der Waals surface area contributed by atoms with E-state index in [-0.39, 0.29) is 18.2 Å². The number of hydrogen-bond donors (Lipinski definition) is 1. The normalized spacial score (nSPS) is 17.4. The summed E-state index contributed by atoms with van der Waals surface area (Å²) in [5.41, 5.74) is 1.67. The van der Waals surface area contributed by atoms with Gasteiger partial charge in [-0.2, -0.15) is 0 Å². The number of halogens is 1. The van der Waals surface area contributed by atoms with Crippen LogP contribution < -0.4 is 10.2 Å². The molecule has 0 radical (unpaired) electrons. The summed E-state index contributed by atoms with van der Waals surface area (Å²) in [5.74, 6) is -0.698. The van der Waals surface area contributed by atoms with Gasteiger partial charge in [0, 0.05) is 23.7 Å². The Balaban J connectivity index is 1.69. The minimum Gasteiger partial charge on any atom is -0.312 e. The van der Waals surface area contributed by atoms with Crippen LogP contribution in [0.1, 0.15) is 23.9 Å². The number of nitrogens with one attached hydrogen (secondary N) is 1. The van der Waals surface area contributed by atoms with E-state index in [2.05, 4.69) is 15.5 Å². The Morgan fingerprint density at radius 3 is 2.92 bits per heavy atom. The number of carbonyl (C=O) groups excluding carboxylic acids is 2. The predicted molar refractivity (Wildman–Crippen MR) is 94.6 cm³/mol. The first-order chi connectivity index (χ1) is 11.5. The second kappa shape index (κ2) is 6.86. The number of nitrogens with zero attached hydrogens (tertiary/aromatic N) is 3. The van der Waals surface area contributed by atoms with Crippen molar-refractivity contribution in [2.45, 2.75) is 26.7 Å². The molecule has 2 heterocycles. The van der Waals surface area contributed by atoms with E-state index in [4.69, 9.17) is 11.6 Å². The van der Waals surface area contributed by atoms with Crippen LogP contribution in [0.4, 0.5) is 10.8 Å². The van der Waals surface area contributed by atoms with Crippen LogP contribution in [-0.2, 0) is 16.0 Å². The molecule has 126 valence electrons. The zero-order valence-corrected chi connectivity index (χ0v) is 14.9. The lowest BCUT2D eigenvalue weighted by molar-refractivity contribution is -0.122. The molecular formula is C16H17ClN4O2S. The lowest BCUT2D eigenvalue weighted by Gasteiger charge is -2.17. The van der Waals surface area contributed by atoms with Crippen LogP contribution in [0, 0.1) is 12.8 Å². The molecule has 8 heteroatoms. The Kier molecular flexibility index (Phi) is 4.82. The molecular weight excluding hydrogens is 348 g/mol. The summed E-state index contributed by atoms with van der Waals surface area (Å²) in [4.78, 5) is 26.2. The maximum absolute atomic E-state index is 12.4. The summed E-state index contributed by atoms with van der Waals surface area (Å²) in [6, 6.07) is 5.47. The minimum atomic E-state index is -0.411. The van der Waals surface area contributed by atoms with Gasteiger partial charge in [-0.1, -0.05) is 35.9 Å². The van der Waals surface area contributed by atoms with Crippen molar-refractivity contribution in [2.75, 3.05) is 16.8 Å². The molecule has 0 saturated carbocycles. The first-order valence-corrected chi connectivity index (χ1v) is 8.87. The Hall–Kier alpha value is -1.99. The number of carbonyl (C=O) groups is 2. The van der Waals surface area contributed by atoms with Crippen molar-refractivity contribution in [1.82, 2.24) is 10.2 Å². The zero-order valence-electron chi connectivity index (χ0n) is 13.4. The summed E-state index contributed by atoms with van der Waals surface area (Å²) in [5, 5.41) is 12.6. The van der Waals surface area contributed by atoms with Crippen LogP contribution in [-0.4, -0.2) is 28.6 Å². The summed E-state index contributed by atoms with van der Waals surface area (Å²) < 4.78 is 0. The van der Waals surface area contributed by atoms with Gasteiger partial charge in [-0.05, 0) is 31.0 Å². The molecule has 0 bridgehead atoms. The number of amides is 2. The molecule has 1 saturated heterocycles. The maximum atomic E-state index is 12.4. The van der Waals surface area contributed by atoms with Crippen molar-refractivity contribution in [3.05, 3.63) is 33.8 Å². The van der Waals surface area contributed by atoms with Gasteiger partial charge < -0.3 is 10.2 Å². The molecule has 6 nitrogen and oxygen atoms in total. The molecule has 2 aromatic rings. The van der Waals surface area contributed by atoms with Gasteiger partial charge in [0.05, 0.1) is 5.92 Å². The van der Waals surface area contributed by atoms with Gasteiger partial charge >= 0.3 is 0 Å². The highest BCUT2D eigenvalue weighted by Crippen LogP contribution is 2.29. The van der Waals surface area contributed by atoms with Gasteiger partial charge in [-0.3, -0.25) is 9.59 Å². The van der Waals surface area contributed by atoms with Gasteiger partial charge in [-0.15, -0.1) is 10.2 Å². The van der Waals surface area contributed by atoms with Gasteiger partial charge in [0.2, 0.25) is 16.9 Å². The first-order valence-electron chi connectivity index (χ1n) is 7.67. The smallest absolute Gasteiger partial charge is 0.231 e. The fourth-order valence-corrected chi connectivity index (χ4v) is 3.39. The highest BCUT2D eigenvalue weighted by atomic mass is 35.5. The zero-order chi connectivity index (χ0) is 17.3. The van der Waals surface area contributed by atoms with E-state index in [0.717, 1.165) is 22.7 Å². The maximum Gasteiger partial charge on any atom is 0.231 e. The van der Waals surface area contributed by atoms with Crippen LogP contribution in [0.2, 0.25) is 5.02 Å². The van der Waals surface area contributed by atoms with Crippen molar-refractivity contribution in [3.63, 3.8) is 0 Å². The lowest BCUT2D eigenvalue weighted by atomic mass is 10.1. The van der Waals surface area contributed by atoms with E-state index in [0.29, 0.717) is 16.7 Å². The number of aryl methyl sites for hydroxylation is 2. The summed E-state index contributed by atoms with van der Waals surface area (Å²) in [6.07, 6.45) is 0.953. The SMILES string of the molecule is CCc1nnc(NC(=O)C2CC(=O)N(c3ccc(C)c(Cl)c3)C2)s1. The van der Waals surface area contributed by atoms with Gasteiger partial charge in [0.25, 0.3) is 0 Å². The number of anilines is 2. The van der Waals surface area contributed by atoms with E-state index in [1.54, 1.807) is 11.0 Å². The largest absolute Gasteiger partial charge is 0.312 e. The minimum absolute atomic E-state index is 0.0819. The van der Waals surface area contributed by atoms with E-state index in [1.165, 1.54) is 11.3 Å². The van der Waals surface area contributed by atoms with E-state index < -0.39 is 5.92 Å². The van der Waals surface area contributed by atoms with Crippen molar-refractivity contribution in [1.29, 1.82) is 0 Å². The summed E-state index contributed by atoms with van der Waals surface area (Å²) in [6.45, 7) is 4.22. The van der Waals surface area contributed by atoms with Gasteiger partial charge in [-0.25, -0.2) is 0 Å². The predicted octanol–water partition coefficient (Wildman–Crippen LogP) is 3.05. The van der Waals surface area contributed by atoms with Crippen molar-refractivity contribution < 1.29 is 9.59 Å².